The van der Waals surface area contributed by atoms with Crippen molar-refractivity contribution in [3.8, 4) is 0 Å². The zero-order valence-electron chi connectivity index (χ0n) is 48.2. The zero-order valence-corrected chi connectivity index (χ0v) is 48.2. The van der Waals surface area contributed by atoms with Gasteiger partial charge in [0.25, 0.3) is 0 Å². The molecule has 0 rings (SSSR count). The van der Waals surface area contributed by atoms with Crippen LogP contribution in [0, 0.1) is 5.92 Å². The molecule has 0 aromatic heterocycles. The van der Waals surface area contributed by atoms with E-state index in [2.05, 4.69) is 63.5 Å². The second-order valence-electron chi connectivity index (χ2n) is 21.1. The van der Waals surface area contributed by atoms with Gasteiger partial charge in [0.05, 0.1) is 6.61 Å². The Hall–Kier alpha value is -2.13. The fourth-order valence-corrected chi connectivity index (χ4v) is 9.54. The van der Waals surface area contributed by atoms with Gasteiger partial charge in [-0.25, -0.2) is 4.79 Å². The lowest BCUT2D eigenvalue weighted by molar-refractivity contribution is -0.145. The average Bonchev–Trinajstić information content (AvgIpc) is 3.37. The first kappa shape index (κ1) is 68.9. The predicted molar refractivity (Wildman–Crippen MR) is 302 cm³/mol. The lowest BCUT2D eigenvalue weighted by Gasteiger charge is -2.26. The van der Waals surface area contributed by atoms with Gasteiger partial charge >= 0.3 is 18.1 Å². The number of rotatable bonds is 56. The number of hydrogen-bond donors (Lipinski definition) is 0. The van der Waals surface area contributed by atoms with Crippen LogP contribution in [0.25, 0.3) is 0 Å². The molecule has 0 aromatic carbocycles. The van der Waals surface area contributed by atoms with E-state index in [0.29, 0.717) is 45.1 Å². The van der Waals surface area contributed by atoms with Gasteiger partial charge in [-0.15, -0.1) is 0 Å². The third-order valence-electron chi connectivity index (χ3n) is 14.5. The molecule has 0 saturated carbocycles. The van der Waals surface area contributed by atoms with E-state index < -0.39 is 6.16 Å². The normalized spacial score (nSPS) is 12.6. The summed E-state index contributed by atoms with van der Waals surface area (Å²) < 4.78 is 23.1. The number of esters is 2. The van der Waals surface area contributed by atoms with Crippen LogP contribution in [0.4, 0.5) is 4.79 Å². The Labute approximate surface area is 441 Å². The fraction of sp³-hybridized carbons (Fsp3) is 0.919. The van der Waals surface area contributed by atoms with Gasteiger partial charge in [0.15, 0.2) is 0 Å². The standard InChI is InChI=1S/C62H120N2O7/c1-7-13-17-21-23-24-25-26-27-28-29-30-33-37-43-49-60(65)68-55-53-64(52-51-63(11-5)12-6)54-56-69-62(67)71-59(47-41-20-16-10-4)48-42-36-32-31-34-38-44-50-61(66)70-57-58(45-39-19-15-9-3)46-40-35-22-18-14-8-2/h26-27,58-59H,7-25,28-57H2,1-6H3/b27-26-. The van der Waals surface area contributed by atoms with Gasteiger partial charge in [0.1, 0.15) is 19.3 Å². The van der Waals surface area contributed by atoms with Crippen molar-refractivity contribution in [3.63, 3.8) is 0 Å². The molecule has 2 unspecified atom stereocenters. The molecule has 9 nitrogen and oxygen atoms in total. The monoisotopic (exact) mass is 1000 g/mol. The molecule has 2 atom stereocenters. The van der Waals surface area contributed by atoms with Crippen LogP contribution in [0.1, 0.15) is 298 Å². The summed E-state index contributed by atoms with van der Waals surface area (Å²) in [6.45, 7) is 19.4. The first-order valence-corrected chi connectivity index (χ1v) is 31.1. The molecule has 0 aliphatic heterocycles. The van der Waals surface area contributed by atoms with Gasteiger partial charge in [0.2, 0.25) is 0 Å². The molecule has 0 aliphatic rings. The summed E-state index contributed by atoms with van der Waals surface area (Å²) in [6.07, 6.45) is 50.4. The van der Waals surface area contributed by atoms with E-state index in [1.54, 1.807) is 0 Å². The molecule has 0 heterocycles. The summed E-state index contributed by atoms with van der Waals surface area (Å²) in [5.41, 5.74) is 0. The number of ether oxygens (including phenoxy) is 4. The summed E-state index contributed by atoms with van der Waals surface area (Å²) in [5, 5.41) is 0. The largest absolute Gasteiger partial charge is 0.508 e. The zero-order chi connectivity index (χ0) is 51.9. The van der Waals surface area contributed by atoms with Crippen LogP contribution in [0.3, 0.4) is 0 Å². The van der Waals surface area contributed by atoms with Crippen LogP contribution in [0.2, 0.25) is 0 Å². The Morgan fingerprint density at radius 2 is 0.746 bits per heavy atom. The van der Waals surface area contributed by atoms with Gasteiger partial charge in [0, 0.05) is 39.0 Å². The van der Waals surface area contributed by atoms with Crippen molar-refractivity contribution in [1.29, 1.82) is 0 Å². The van der Waals surface area contributed by atoms with E-state index in [9.17, 15) is 14.4 Å². The highest BCUT2D eigenvalue weighted by atomic mass is 16.7. The molecule has 0 saturated heterocycles. The fourth-order valence-electron chi connectivity index (χ4n) is 9.54. The Morgan fingerprint density at radius 1 is 0.380 bits per heavy atom. The number of unbranched alkanes of at least 4 members (excludes halogenated alkanes) is 28. The van der Waals surface area contributed by atoms with E-state index in [1.165, 1.54) is 167 Å². The van der Waals surface area contributed by atoms with E-state index in [-0.39, 0.29) is 24.6 Å². The predicted octanol–water partition coefficient (Wildman–Crippen LogP) is 18.1. The maximum atomic E-state index is 13.0. The van der Waals surface area contributed by atoms with Crippen molar-refractivity contribution in [1.82, 2.24) is 9.80 Å². The van der Waals surface area contributed by atoms with Crippen LogP contribution in [-0.2, 0) is 28.5 Å². The van der Waals surface area contributed by atoms with Crippen LogP contribution in [-0.4, -0.2) is 93.1 Å². The Bertz CT molecular complexity index is 1160. The molecule has 0 spiro atoms. The van der Waals surface area contributed by atoms with Gasteiger partial charge in [-0.3, -0.25) is 14.5 Å². The summed E-state index contributed by atoms with van der Waals surface area (Å²) in [6, 6.07) is 0. The second-order valence-corrected chi connectivity index (χ2v) is 21.1. The second kappa shape index (κ2) is 55.6. The molecular weight excluding hydrogens is 885 g/mol. The highest BCUT2D eigenvalue weighted by Crippen LogP contribution is 2.21. The van der Waals surface area contributed by atoms with Gasteiger partial charge in [-0.1, -0.05) is 221 Å². The molecule has 0 bridgehead atoms. The number of allylic oxidation sites excluding steroid dienone is 2. The van der Waals surface area contributed by atoms with E-state index in [0.717, 1.165) is 103 Å². The summed E-state index contributed by atoms with van der Waals surface area (Å²) in [5.74, 6) is 0.389. The number of hydrogen-bond acceptors (Lipinski definition) is 9. The van der Waals surface area contributed by atoms with Crippen molar-refractivity contribution in [2.24, 2.45) is 5.92 Å². The number of likely N-dealkylation sites (N-methyl/N-ethyl adjacent to an activating group) is 1. The molecule has 71 heavy (non-hydrogen) atoms. The van der Waals surface area contributed by atoms with Crippen molar-refractivity contribution >= 4 is 18.1 Å². The Kier molecular flexibility index (Phi) is 53.9. The van der Waals surface area contributed by atoms with Crippen LogP contribution >= 0.6 is 0 Å². The minimum atomic E-state index is -0.570. The lowest BCUT2D eigenvalue weighted by atomic mass is 9.95. The van der Waals surface area contributed by atoms with Crippen LogP contribution in [0.15, 0.2) is 12.2 Å². The smallest absolute Gasteiger partial charge is 0.465 e. The highest BCUT2D eigenvalue weighted by Gasteiger charge is 2.17. The summed E-state index contributed by atoms with van der Waals surface area (Å²) in [7, 11) is 0. The number of nitrogens with zero attached hydrogens (tertiary/aromatic N) is 2. The topological polar surface area (TPSA) is 94.6 Å². The first-order valence-electron chi connectivity index (χ1n) is 31.1. The quantitative estimate of drug-likeness (QED) is 0.0255. The average molecular weight is 1010 g/mol. The molecular formula is C62H120N2O7. The molecule has 0 aliphatic carbocycles. The SMILES string of the molecule is CCCCCCCC/C=C\CCCCCCCC(=O)OCCN(CCOC(=O)OC(CCCCCC)CCCCCCCCCC(=O)OCC(CCCCCC)CCCCCCCC)CCN(CC)CC. The number of carbonyl (C=O) groups excluding carboxylic acids is 3. The van der Waals surface area contributed by atoms with Crippen LogP contribution < -0.4 is 0 Å². The van der Waals surface area contributed by atoms with Crippen molar-refractivity contribution < 1.29 is 33.3 Å². The van der Waals surface area contributed by atoms with Crippen LogP contribution in [0.5, 0.6) is 0 Å². The third kappa shape index (κ3) is 49.8. The van der Waals surface area contributed by atoms with E-state index >= 15 is 0 Å². The maximum absolute atomic E-state index is 13.0. The molecule has 0 radical (unpaired) electrons. The lowest BCUT2D eigenvalue weighted by Crippen LogP contribution is -2.39. The third-order valence-corrected chi connectivity index (χ3v) is 14.5. The molecule has 420 valence electrons. The summed E-state index contributed by atoms with van der Waals surface area (Å²) in [4.78, 5) is 42.8. The Morgan fingerprint density at radius 3 is 1.21 bits per heavy atom. The van der Waals surface area contributed by atoms with Crippen molar-refractivity contribution in [2.75, 3.05) is 59.1 Å². The van der Waals surface area contributed by atoms with E-state index in [4.69, 9.17) is 18.9 Å². The van der Waals surface area contributed by atoms with Crippen molar-refractivity contribution in [3.05, 3.63) is 12.2 Å². The Balaban J connectivity index is 4.53. The minimum absolute atomic E-state index is 0.0142. The molecule has 0 N–H and O–H groups in total. The van der Waals surface area contributed by atoms with E-state index in [1.807, 2.05) is 0 Å². The van der Waals surface area contributed by atoms with Crippen molar-refractivity contribution in [2.45, 2.75) is 304 Å². The molecule has 0 fully saturated rings. The summed E-state index contributed by atoms with van der Waals surface area (Å²) >= 11 is 0. The number of carbonyl (C=O) groups is 3. The molecule has 9 heteroatoms. The highest BCUT2D eigenvalue weighted by molar-refractivity contribution is 5.69. The minimum Gasteiger partial charge on any atom is -0.465 e. The van der Waals surface area contributed by atoms with Gasteiger partial charge in [-0.05, 0) is 96.1 Å². The molecule has 0 amide bonds. The first-order chi connectivity index (χ1) is 34.8. The van der Waals surface area contributed by atoms with Gasteiger partial charge in [-0.2, -0.15) is 0 Å². The molecule has 0 aromatic rings. The maximum Gasteiger partial charge on any atom is 0.508 e. The van der Waals surface area contributed by atoms with Gasteiger partial charge < -0.3 is 23.8 Å².